The number of nitriles is 1. The van der Waals surface area contributed by atoms with Gasteiger partial charge in [-0.3, -0.25) is 15.1 Å². The van der Waals surface area contributed by atoms with Crippen LogP contribution in [0.25, 0.3) is 0 Å². The van der Waals surface area contributed by atoms with Gasteiger partial charge in [0.1, 0.15) is 17.3 Å². The number of nitrogens with one attached hydrogen (secondary N) is 1. The average Bonchev–Trinajstić information content (AvgIpc) is 2.79. The minimum absolute atomic E-state index is 0.376. The quantitative estimate of drug-likeness (QED) is 0.687. The maximum Gasteiger partial charge on any atom is 0.234 e. The second-order valence-corrected chi connectivity index (χ2v) is 8.06. The molecule has 2 rings (SSSR count). The predicted octanol–water partition coefficient (Wildman–Crippen LogP) is 2.54. The van der Waals surface area contributed by atoms with Gasteiger partial charge in [-0.05, 0) is 52.0 Å². The summed E-state index contributed by atoms with van der Waals surface area (Å²) in [6.07, 6.45) is 5.80. The number of rotatable bonds is 8. The van der Waals surface area contributed by atoms with Crippen molar-refractivity contribution in [3.63, 3.8) is 0 Å². The third-order valence-corrected chi connectivity index (χ3v) is 4.68. The Bertz CT molecular complexity index is 863. The Morgan fingerprint density at radius 1 is 1.40 bits per heavy atom. The Morgan fingerprint density at radius 3 is 2.73 bits per heavy atom. The maximum atomic E-state index is 11.4. The van der Waals surface area contributed by atoms with E-state index in [1.165, 1.54) is 5.56 Å². The zero-order valence-electron chi connectivity index (χ0n) is 18.2. The fourth-order valence-corrected chi connectivity index (χ4v) is 2.80. The highest BCUT2D eigenvalue weighted by Crippen LogP contribution is 2.19. The normalized spacial score (nSPS) is 18.6. The van der Waals surface area contributed by atoms with Crippen LogP contribution in [0, 0.1) is 23.7 Å². The average molecular weight is 410 g/mol. The molecular formula is C23H31N5O2. The minimum atomic E-state index is -0.566. The molecular weight excluding hydrogens is 378 g/mol. The van der Waals surface area contributed by atoms with E-state index in [1.54, 1.807) is 6.92 Å². The van der Waals surface area contributed by atoms with Gasteiger partial charge in [0.05, 0.1) is 30.6 Å². The van der Waals surface area contributed by atoms with E-state index < -0.39 is 17.4 Å². The molecule has 0 radical (unpaired) electrons. The van der Waals surface area contributed by atoms with E-state index in [2.05, 4.69) is 16.4 Å². The Kier molecular flexibility index (Phi) is 8.19. The molecule has 1 aliphatic rings. The van der Waals surface area contributed by atoms with Crippen molar-refractivity contribution in [1.82, 2.24) is 10.2 Å². The Balaban J connectivity index is 2.22. The number of hydrogen-bond acceptors (Lipinski definition) is 6. The molecule has 0 bridgehead atoms. The van der Waals surface area contributed by atoms with Gasteiger partial charge in [-0.2, -0.15) is 5.26 Å². The van der Waals surface area contributed by atoms with E-state index in [0.29, 0.717) is 31.9 Å². The zero-order chi connectivity index (χ0) is 22.1. The number of carbonyl (C=O) groups excluding carboxylic acids is 1. The Hall–Kier alpha value is -3.11. The van der Waals surface area contributed by atoms with Crippen molar-refractivity contribution in [2.75, 3.05) is 26.2 Å². The monoisotopic (exact) mass is 409 g/mol. The Labute approximate surface area is 178 Å². The third kappa shape index (κ3) is 7.37. The molecule has 1 heterocycles. The van der Waals surface area contributed by atoms with Crippen LogP contribution < -0.4 is 15.8 Å². The van der Waals surface area contributed by atoms with Crippen molar-refractivity contribution in [3.05, 3.63) is 53.8 Å². The molecule has 0 fully saturated rings. The highest BCUT2D eigenvalue weighted by Gasteiger charge is 2.24. The van der Waals surface area contributed by atoms with Gasteiger partial charge in [-0.25, -0.2) is 0 Å². The number of aryl methyl sites for hydroxylation is 1. The van der Waals surface area contributed by atoms with E-state index >= 15 is 0 Å². The molecule has 0 spiro atoms. The van der Waals surface area contributed by atoms with Crippen molar-refractivity contribution in [3.8, 4) is 11.8 Å². The van der Waals surface area contributed by atoms with Crippen LogP contribution in [-0.2, 0) is 4.79 Å². The van der Waals surface area contributed by atoms with Crippen molar-refractivity contribution in [2.45, 2.75) is 33.7 Å². The van der Waals surface area contributed by atoms with Gasteiger partial charge in [0, 0.05) is 13.1 Å². The number of amidine groups is 1. The van der Waals surface area contributed by atoms with E-state index in [9.17, 15) is 10.1 Å². The molecule has 30 heavy (non-hydrogen) atoms. The van der Waals surface area contributed by atoms with Crippen LogP contribution in [0.15, 0.2) is 53.2 Å². The number of carbonyl (C=O) groups is 1. The van der Waals surface area contributed by atoms with Crippen LogP contribution in [-0.4, -0.2) is 48.9 Å². The fourth-order valence-electron chi connectivity index (χ4n) is 2.80. The predicted molar refractivity (Wildman–Crippen MR) is 119 cm³/mol. The molecule has 0 aromatic heterocycles. The second-order valence-electron chi connectivity index (χ2n) is 8.06. The lowest BCUT2D eigenvalue weighted by Crippen LogP contribution is -2.47. The topological polar surface area (TPSA) is 104 Å². The van der Waals surface area contributed by atoms with Crippen LogP contribution in [0.5, 0.6) is 5.75 Å². The first-order valence-electron chi connectivity index (χ1n) is 10.0. The molecule has 0 aliphatic carbocycles. The van der Waals surface area contributed by atoms with Crippen LogP contribution >= 0.6 is 0 Å². The number of ether oxygens (including phenoxy) is 1. The molecule has 1 aromatic rings. The lowest BCUT2D eigenvalue weighted by Gasteiger charge is -2.31. The molecule has 0 saturated heterocycles. The number of nitrogens with two attached hydrogens (primary N) is 1. The highest BCUT2D eigenvalue weighted by molar-refractivity contribution is 5.86. The lowest BCUT2D eigenvalue weighted by molar-refractivity contribution is -0.119. The van der Waals surface area contributed by atoms with E-state index in [-0.39, 0.29) is 0 Å². The smallest absolute Gasteiger partial charge is 0.234 e. The first-order valence-corrected chi connectivity index (χ1v) is 10.0. The molecule has 1 aromatic carbocycles. The van der Waals surface area contributed by atoms with Crippen LogP contribution in [0.2, 0.25) is 0 Å². The summed E-state index contributed by atoms with van der Waals surface area (Å²) in [4.78, 5) is 18.1. The number of nitrogens with zero attached hydrogens (tertiary/aromatic N) is 3. The minimum Gasteiger partial charge on any atom is -0.458 e. The lowest BCUT2D eigenvalue weighted by atomic mass is 9.95. The van der Waals surface area contributed by atoms with Gasteiger partial charge in [-0.1, -0.05) is 23.8 Å². The summed E-state index contributed by atoms with van der Waals surface area (Å²) in [5.74, 6) is 1.83. The molecule has 7 heteroatoms. The first-order chi connectivity index (χ1) is 14.2. The number of hydrogen-bond donors (Lipinski definition) is 2. The molecule has 7 nitrogen and oxygen atoms in total. The fraction of sp³-hybridized carbons (Fsp3) is 0.435. The molecule has 0 saturated carbocycles. The van der Waals surface area contributed by atoms with Crippen molar-refractivity contribution in [2.24, 2.45) is 16.1 Å². The van der Waals surface area contributed by atoms with E-state index in [0.717, 1.165) is 11.6 Å². The molecule has 1 amide bonds. The number of allylic oxidation sites excluding steroid dienone is 1. The molecule has 1 atom stereocenters. The van der Waals surface area contributed by atoms with Crippen LogP contribution in [0.3, 0.4) is 0 Å². The zero-order valence-corrected chi connectivity index (χ0v) is 18.2. The summed E-state index contributed by atoms with van der Waals surface area (Å²) in [6.45, 7) is 9.37. The SMILES string of the molecule is Cc1ccc(OC2=C/CN(CC(C)(C)C#N)C(CN[C@@H](C)C(N)=O)=NC/C=C\2)cc1. The van der Waals surface area contributed by atoms with Gasteiger partial charge in [0.25, 0.3) is 0 Å². The van der Waals surface area contributed by atoms with Crippen LogP contribution in [0.4, 0.5) is 0 Å². The summed E-state index contributed by atoms with van der Waals surface area (Å²) >= 11 is 0. The summed E-state index contributed by atoms with van der Waals surface area (Å²) in [5, 5.41) is 12.6. The van der Waals surface area contributed by atoms with Gasteiger partial charge < -0.3 is 15.4 Å². The number of aliphatic imine (C=N–C) groups is 1. The number of primary amides is 1. The van der Waals surface area contributed by atoms with Crippen molar-refractivity contribution >= 4 is 11.7 Å². The van der Waals surface area contributed by atoms with Gasteiger partial charge in [-0.15, -0.1) is 0 Å². The summed E-state index contributed by atoms with van der Waals surface area (Å²) in [7, 11) is 0. The summed E-state index contributed by atoms with van der Waals surface area (Å²) in [6, 6.07) is 9.74. The largest absolute Gasteiger partial charge is 0.458 e. The Morgan fingerprint density at radius 2 is 2.10 bits per heavy atom. The van der Waals surface area contributed by atoms with Gasteiger partial charge >= 0.3 is 0 Å². The summed E-state index contributed by atoms with van der Waals surface area (Å²) in [5.41, 5.74) is 5.96. The summed E-state index contributed by atoms with van der Waals surface area (Å²) < 4.78 is 6.03. The molecule has 1 aliphatic heterocycles. The number of benzene rings is 1. The second kappa shape index (κ2) is 10.6. The van der Waals surface area contributed by atoms with E-state index in [1.807, 2.05) is 68.2 Å². The van der Waals surface area contributed by atoms with E-state index in [4.69, 9.17) is 10.5 Å². The van der Waals surface area contributed by atoms with Crippen molar-refractivity contribution in [1.29, 1.82) is 5.26 Å². The van der Waals surface area contributed by atoms with Gasteiger partial charge in [0.15, 0.2) is 0 Å². The maximum absolute atomic E-state index is 11.4. The van der Waals surface area contributed by atoms with Crippen LogP contribution in [0.1, 0.15) is 26.3 Å². The number of amides is 1. The third-order valence-electron chi connectivity index (χ3n) is 4.68. The van der Waals surface area contributed by atoms with Crippen molar-refractivity contribution < 1.29 is 9.53 Å². The van der Waals surface area contributed by atoms with Gasteiger partial charge in [0.2, 0.25) is 5.91 Å². The highest BCUT2D eigenvalue weighted by atomic mass is 16.5. The standard InChI is InChI=1S/C23H31N5O2/c1-17-7-9-20(10-8-17)30-19-6-5-12-26-21(14-27-18(2)22(25)29)28(13-11-19)16-23(3,4)15-24/h5-11,18,27H,12-14,16H2,1-4H3,(H2,25,29)/b6-5-,19-11+,26-21?/t18-/m0/s1. The molecule has 0 unspecified atom stereocenters. The molecule has 3 N–H and O–H groups in total. The molecule has 160 valence electrons. The first kappa shape index (κ1) is 23.2.